The molecule has 0 atom stereocenters. The zero-order chi connectivity index (χ0) is 39.6. The number of anilines is 3. The molecular weight excluding hydrogens is 727 g/mol. The molecule has 12 aromatic rings. The van der Waals surface area contributed by atoms with Gasteiger partial charge in [0.2, 0.25) is 0 Å². The molecule has 2 nitrogen and oxygen atoms in total. The van der Waals surface area contributed by atoms with Gasteiger partial charge in [0.15, 0.2) is 0 Å². The lowest BCUT2D eigenvalue weighted by molar-refractivity contribution is 0.669. The summed E-state index contributed by atoms with van der Waals surface area (Å²) in [4.78, 5) is 2.44. The Hall–Kier alpha value is -7.94. The average Bonchev–Trinajstić information content (AvgIpc) is 3.68. The molecule has 11 aromatic carbocycles. The zero-order valence-electron chi connectivity index (χ0n) is 32.7. The molecule has 0 unspecified atom stereocenters. The summed E-state index contributed by atoms with van der Waals surface area (Å²) < 4.78 is 6.59. The van der Waals surface area contributed by atoms with Crippen molar-refractivity contribution in [3.05, 3.63) is 224 Å². The van der Waals surface area contributed by atoms with Crippen LogP contribution in [0.3, 0.4) is 0 Å². The van der Waals surface area contributed by atoms with Crippen LogP contribution in [0.15, 0.2) is 229 Å². The molecule has 0 aliphatic heterocycles. The first kappa shape index (κ1) is 34.1. The zero-order valence-corrected chi connectivity index (χ0v) is 32.7. The highest BCUT2D eigenvalue weighted by atomic mass is 16.3. The highest BCUT2D eigenvalue weighted by Gasteiger charge is 2.22. The first-order valence-corrected chi connectivity index (χ1v) is 20.6. The summed E-state index contributed by atoms with van der Waals surface area (Å²) in [5, 5.41) is 12.0. The van der Waals surface area contributed by atoms with E-state index >= 15 is 0 Å². The molecule has 0 saturated heterocycles. The molecule has 0 aliphatic carbocycles. The van der Waals surface area contributed by atoms with Gasteiger partial charge in [0, 0.05) is 27.4 Å². The Morgan fingerprint density at radius 1 is 0.283 bits per heavy atom. The van der Waals surface area contributed by atoms with Crippen LogP contribution in [0.2, 0.25) is 0 Å². The fraction of sp³-hybridized carbons (Fsp3) is 0. The van der Waals surface area contributed by atoms with Gasteiger partial charge in [-0.3, -0.25) is 0 Å². The Balaban J connectivity index is 1.05. The van der Waals surface area contributed by atoms with Crippen LogP contribution < -0.4 is 4.90 Å². The average molecular weight is 764 g/mol. The Morgan fingerprint density at radius 3 is 1.75 bits per heavy atom. The fourth-order valence-corrected chi connectivity index (χ4v) is 9.41. The third-order valence-corrected chi connectivity index (χ3v) is 12.2. The van der Waals surface area contributed by atoms with Gasteiger partial charge in [-0.2, -0.15) is 0 Å². The molecule has 280 valence electrons. The summed E-state index contributed by atoms with van der Waals surface area (Å²) in [6.45, 7) is 0. The van der Waals surface area contributed by atoms with Crippen molar-refractivity contribution in [2.24, 2.45) is 0 Å². The van der Waals surface area contributed by atoms with Crippen molar-refractivity contribution in [2.75, 3.05) is 4.90 Å². The molecule has 0 spiro atoms. The van der Waals surface area contributed by atoms with Gasteiger partial charge in [0.1, 0.15) is 11.2 Å². The topological polar surface area (TPSA) is 16.4 Å². The third-order valence-electron chi connectivity index (χ3n) is 12.2. The van der Waals surface area contributed by atoms with Crippen molar-refractivity contribution in [2.45, 2.75) is 0 Å². The third kappa shape index (κ3) is 5.57. The quantitative estimate of drug-likeness (QED) is 0.157. The smallest absolute Gasteiger partial charge is 0.136 e. The van der Waals surface area contributed by atoms with Crippen LogP contribution in [0.4, 0.5) is 17.1 Å². The number of furan rings is 1. The normalized spacial score (nSPS) is 11.7. The number of benzene rings is 11. The summed E-state index contributed by atoms with van der Waals surface area (Å²) in [5.41, 5.74) is 12.1. The summed E-state index contributed by atoms with van der Waals surface area (Å²) >= 11 is 0. The van der Waals surface area contributed by atoms with E-state index in [1.807, 2.05) is 0 Å². The van der Waals surface area contributed by atoms with Crippen LogP contribution in [0, 0.1) is 0 Å². The Kier molecular flexibility index (Phi) is 7.89. The molecule has 0 saturated carbocycles. The Labute approximate surface area is 347 Å². The number of hydrogen-bond acceptors (Lipinski definition) is 2. The highest BCUT2D eigenvalue weighted by Crippen LogP contribution is 2.47. The minimum Gasteiger partial charge on any atom is -0.456 e. The van der Waals surface area contributed by atoms with Crippen molar-refractivity contribution >= 4 is 82.1 Å². The van der Waals surface area contributed by atoms with E-state index < -0.39 is 0 Å². The van der Waals surface area contributed by atoms with Gasteiger partial charge in [0.25, 0.3) is 0 Å². The van der Waals surface area contributed by atoms with E-state index in [0.717, 1.165) is 50.1 Å². The minimum atomic E-state index is 0.880. The van der Waals surface area contributed by atoms with Crippen molar-refractivity contribution < 1.29 is 4.42 Å². The van der Waals surface area contributed by atoms with Crippen molar-refractivity contribution in [3.63, 3.8) is 0 Å². The van der Waals surface area contributed by atoms with Crippen molar-refractivity contribution in [3.8, 4) is 33.4 Å². The van der Waals surface area contributed by atoms with E-state index in [1.165, 1.54) is 65.3 Å². The molecule has 2 heteroatoms. The van der Waals surface area contributed by atoms with E-state index in [9.17, 15) is 0 Å². The van der Waals surface area contributed by atoms with Gasteiger partial charge in [-0.15, -0.1) is 0 Å². The molecule has 0 bridgehead atoms. The molecule has 0 aliphatic rings. The van der Waals surface area contributed by atoms with E-state index in [4.69, 9.17) is 4.42 Å². The predicted octanol–water partition coefficient (Wildman–Crippen LogP) is 16.7. The summed E-state index contributed by atoms with van der Waals surface area (Å²) in [6.07, 6.45) is 0. The molecule has 0 amide bonds. The largest absolute Gasteiger partial charge is 0.456 e. The van der Waals surface area contributed by atoms with Crippen LogP contribution in [-0.4, -0.2) is 0 Å². The molecule has 1 heterocycles. The van der Waals surface area contributed by atoms with E-state index in [2.05, 4.69) is 229 Å². The number of hydrogen-bond donors (Lipinski definition) is 0. The second-order valence-corrected chi connectivity index (χ2v) is 15.6. The SMILES string of the molecule is c1cc(-c2ccc(N(c3ccccc3-c3cccc4oc5cc6ccccc6cc5c34)c3cccc4c3ccc3ccccc34)cc2)cc(-c2cccc3ccccc23)c1. The van der Waals surface area contributed by atoms with Crippen LogP contribution in [-0.2, 0) is 0 Å². The Bertz CT molecular complexity index is 3610. The van der Waals surface area contributed by atoms with Gasteiger partial charge < -0.3 is 9.32 Å². The van der Waals surface area contributed by atoms with Crippen molar-refractivity contribution in [1.82, 2.24) is 0 Å². The molecule has 60 heavy (non-hydrogen) atoms. The standard InChI is InChI=1S/C58H37NO/c1-2-16-43-37-57-53(36-42(43)15-1)58-52(25-12-28-56(58)60-57)50-22-7-8-26-54(50)59(55-27-11-24-49-47-21-6-4-14-40(47)31-34-51(49)55)45-32-29-38(30-33-45)41-18-9-19-44(35-41)48-23-10-17-39-13-3-5-20-46(39)48/h1-37H. The lowest BCUT2D eigenvalue weighted by Crippen LogP contribution is -2.11. The lowest BCUT2D eigenvalue weighted by Gasteiger charge is -2.29. The van der Waals surface area contributed by atoms with Gasteiger partial charge >= 0.3 is 0 Å². The molecule has 12 rings (SSSR count). The maximum atomic E-state index is 6.59. The van der Waals surface area contributed by atoms with Gasteiger partial charge in [-0.05, 0) is 114 Å². The van der Waals surface area contributed by atoms with Gasteiger partial charge in [-0.25, -0.2) is 0 Å². The second-order valence-electron chi connectivity index (χ2n) is 15.6. The maximum Gasteiger partial charge on any atom is 0.136 e. The van der Waals surface area contributed by atoms with Crippen molar-refractivity contribution in [1.29, 1.82) is 0 Å². The van der Waals surface area contributed by atoms with Crippen LogP contribution >= 0.6 is 0 Å². The molecule has 0 N–H and O–H groups in total. The molecule has 1 aromatic heterocycles. The monoisotopic (exact) mass is 763 g/mol. The predicted molar refractivity (Wildman–Crippen MR) is 255 cm³/mol. The summed E-state index contributed by atoms with van der Waals surface area (Å²) in [6, 6.07) is 81.3. The number of fused-ring (bicyclic) bond motifs is 8. The second kappa shape index (κ2) is 13.9. The minimum absolute atomic E-state index is 0.880. The molecular formula is C58H37NO. The summed E-state index contributed by atoms with van der Waals surface area (Å²) in [5.74, 6) is 0. The van der Waals surface area contributed by atoms with Gasteiger partial charge in [0.05, 0.1) is 11.4 Å². The maximum absolute atomic E-state index is 6.59. The number of nitrogens with zero attached hydrogens (tertiary/aromatic N) is 1. The van der Waals surface area contributed by atoms with Crippen LogP contribution in [0.25, 0.3) is 98.4 Å². The first-order valence-electron chi connectivity index (χ1n) is 20.6. The van der Waals surface area contributed by atoms with Crippen LogP contribution in [0.1, 0.15) is 0 Å². The number of para-hydroxylation sites is 1. The molecule has 0 fully saturated rings. The summed E-state index contributed by atoms with van der Waals surface area (Å²) in [7, 11) is 0. The van der Waals surface area contributed by atoms with Crippen LogP contribution in [0.5, 0.6) is 0 Å². The van der Waals surface area contributed by atoms with E-state index in [1.54, 1.807) is 0 Å². The first-order chi connectivity index (χ1) is 29.7. The van der Waals surface area contributed by atoms with Gasteiger partial charge in [-0.1, -0.05) is 176 Å². The van der Waals surface area contributed by atoms with E-state index in [-0.39, 0.29) is 0 Å². The number of rotatable bonds is 6. The Morgan fingerprint density at radius 2 is 0.883 bits per heavy atom. The van der Waals surface area contributed by atoms with E-state index in [0.29, 0.717) is 0 Å². The highest BCUT2D eigenvalue weighted by molar-refractivity contribution is 6.18. The molecule has 0 radical (unpaired) electrons. The lowest BCUT2D eigenvalue weighted by atomic mass is 9.94. The fourth-order valence-electron chi connectivity index (χ4n) is 9.41.